The highest BCUT2D eigenvalue weighted by Gasteiger charge is 2.30. The van der Waals surface area contributed by atoms with E-state index >= 15 is 0 Å². The number of hydrogen-bond acceptors (Lipinski definition) is 2. The van der Waals surface area contributed by atoms with Gasteiger partial charge in [0.1, 0.15) is 0 Å². The molecule has 4 rings (SSSR count). The fourth-order valence-electron chi connectivity index (χ4n) is 4.25. The largest absolute Gasteiger partial charge is 0.311 e. The van der Waals surface area contributed by atoms with Gasteiger partial charge in [-0.3, -0.25) is 9.69 Å². The van der Waals surface area contributed by atoms with Gasteiger partial charge in [-0.1, -0.05) is 79.7 Å². The van der Waals surface area contributed by atoms with E-state index < -0.39 is 0 Å². The summed E-state index contributed by atoms with van der Waals surface area (Å²) in [7, 11) is 0. The van der Waals surface area contributed by atoms with Gasteiger partial charge in [-0.05, 0) is 35.2 Å². The zero-order chi connectivity index (χ0) is 20.1. The number of amides is 1. The molecule has 0 saturated heterocycles. The fraction of sp³-hybridized carbons (Fsp3) is 0.269. The van der Waals surface area contributed by atoms with E-state index in [1.54, 1.807) is 0 Å². The minimum atomic E-state index is 0.166. The lowest BCUT2D eigenvalue weighted by atomic mass is 9.91. The van der Waals surface area contributed by atoms with Crippen LogP contribution in [0.1, 0.15) is 36.1 Å². The first-order valence-electron chi connectivity index (χ1n) is 10.5. The normalized spacial score (nSPS) is 16.2. The number of para-hydroxylation sites is 1. The lowest BCUT2D eigenvalue weighted by molar-refractivity contribution is -0.118. The molecule has 1 aliphatic heterocycles. The van der Waals surface area contributed by atoms with E-state index in [0.29, 0.717) is 13.0 Å². The number of fused-ring (bicyclic) bond motifs is 1. The molecule has 0 aromatic heterocycles. The highest BCUT2D eigenvalue weighted by molar-refractivity contribution is 5.93. The zero-order valence-electron chi connectivity index (χ0n) is 17.0. The van der Waals surface area contributed by atoms with Gasteiger partial charge in [-0.15, -0.1) is 0 Å². The smallest absolute Gasteiger partial charge is 0.226 e. The Kier molecular flexibility index (Phi) is 6.06. The van der Waals surface area contributed by atoms with Gasteiger partial charge in [0.05, 0.1) is 6.04 Å². The maximum absolute atomic E-state index is 12.9. The molecule has 1 aliphatic rings. The molecule has 0 N–H and O–H groups in total. The van der Waals surface area contributed by atoms with Crippen LogP contribution in [0.5, 0.6) is 0 Å². The standard InChI is InChI=1S/C26H28N2O/c1-2-26(29)28(23-14-7-4-8-15-23)20-25-24-16-10-9-13-22(24)17-18-27(25)19-21-11-5-3-6-12-21/h3-16,25H,2,17-20H2,1H3. The second-order valence-corrected chi connectivity index (χ2v) is 7.61. The summed E-state index contributed by atoms with van der Waals surface area (Å²) in [6.45, 7) is 4.50. The SMILES string of the molecule is CCC(=O)N(CC1c2ccccc2CCN1Cc1ccccc1)c1ccccc1. The predicted octanol–water partition coefficient (Wildman–Crippen LogP) is 5.23. The van der Waals surface area contributed by atoms with Crippen LogP contribution in [0.25, 0.3) is 0 Å². The topological polar surface area (TPSA) is 23.6 Å². The van der Waals surface area contributed by atoms with Crippen molar-refractivity contribution in [3.63, 3.8) is 0 Å². The molecular weight excluding hydrogens is 356 g/mol. The molecule has 0 bridgehead atoms. The van der Waals surface area contributed by atoms with E-state index in [9.17, 15) is 4.79 Å². The fourth-order valence-corrected chi connectivity index (χ4v) is 4.25. The molecule has 3 aromatic rings. The van der Waals surface area contributed by atoms with Gasteiger partial charge < -0.3 is 4.90 Å². The van der Waals surface area contributed by atoms with Crippen molar-refractivity contribution in [3.8, 4) is 0 Å². The van der Waals surface area contributed by atoms with E-state index in [4.69, 9.17) is 0 Å². The summed E-state index contributed by atoms with van der Waals surface area (Å²) in [6, 6.07) is 29.6. The minimum absolute atomic E-state index is 0.166. The Morgan fingerprint density at radius 1 is 0.931 bits per heavy atom. The van der Waals surface area contributed by atoms with Crippen LogP contribution in [-0.2, 0) is 17.8 Å². The summed E-state index contributed by atoms with van der Waals surface area (Å²) in [5.74, 6) is 0.166. The van der Waals surface area contributed by atoms with Crippen molar-refractivity contribution in [3.05, 3.63) is 102 Å². The van der Waals surface area contributed by atoms with Gasteiger partial charge in [0.2, 0.25) is 5.91 Å². The van der Waals surface area contributed by atoms with Crippen LogP contribution >= 0.6 is 0 Å². The van der Waals surface area contributed by atoms with E-state index in [2.05, 4.69) is 59.5 Å². The number of rotatable bonds is 6. The molecular formula is C26H28N2O. The third-order valence-electron chi connectivity index (χ3n) is 5.78. The van der Waals surface area contributed by atoms with Crippen LogP contribution in [-0.4, -0.2) is 23.9 Å². The lowest BCUT2D eigenvalue weighted by Crippen LogP contribution is -2.43. The van der Waals surface area contributed by atoms with Crippen molar-refractivity contribution in [1.29, 1.82) is 0 Å². The Labute approximate surface area is 173 Å². The molecule has 3 aromatic carbocycles. The Morgan fingerprint density at radius 2 is 1.59 bits per heavy atom. The molecule has 148 valence electrons. The van der Waals surface area contributed by atoms with E-state index in [-0.39, 0.29) is 11.9 Å². The molecule has 29 heavy (non-hydrogen) atoms. The Balaban J connectivity index is 1.68. The van der Waals surface area contributed by atoms with Gasteiger partial charge in [0.15, 0.2) is 0 Å². The van der Waals surface area contributed by atoms with Crippen LogP contribution in [0.3, 0.4) is 0 Å². The monoisotopic (exact) mass is 384 g/mol. The lowest BCUT2D eigenvalue weighted by Gasteiger charge is -2.40. The average Bonchev–Trinajstić information content (AvgIpc) is 2.79. The van der Waals surface area contributed by atoms with Gasteiger partial charge in [-0.2, -0.15) is 0 Å². The second kappa shape index (κ2) is 9.06. The number of carbonyl (C=O) groups excluding carboxylic acids is 1. The van der Waals surface area contributed by atoms with E-state index in [0.717, 1.165) is 25.2 Å². The van der Waals surface area contributed by atoms with Crippen molar-refractivity contribution >= 4 is 11.6 Å². The highest BCUT2D eigenvalue weighted by atomic mass is 16.2. The van der Waals surface area contributed by atoms with Crippen molar-refractivity contribution in [2.24, 2.45) is 0 Å². The van der Waals surface area contributed by atoms with Gasteiger partial charge in [-0.25, -0.2) is 0 Å². The van der Waals surface area contributed by atoms with Crippen LogP contribution in [0.2, 0.25) is 0 Å². The molecule has 1 heterocycles. The molecule has 1 unspecified atom stereocenters. The molecule has 0 saturated carbocycles. The minimum Gasteiger partial charge on any atom is -0.311 e. The van der Waals surface area contributed by atoms with Crippen molar-refractivity contribution < 1.29 is 4.79 Å². The molecule has 1 atom stereocenters. The number of benzene rings is 3. The third kappa shape index (κ3) is 4.41. The first kappa shape index (κ1) is 19.4. The van der Waals surface area contributed by atoms with E-state index in [1.165, 1.54) is 16.7 Å². The zero-order valence-corrected chi connectivity index (χ0v) is 17.0. The van der Waals surface area contributed by atoms with Crippen molar-refractivity contribution in [2.45, 2.75) is 32.4 Å². The maximum atomic E-state index is 12.9. The molecule has 1 amide bonds. The van der Waals surface area contributed by atoms with E-state index in [1.807, 2.05) is 42.2 Å². The summed E-state index contributed by atoms with van der Waals surface area (Å²) in [5, 5.41) is 0. The number of hydrogen-bond donors (Lipinski definition) is 0. The van der Waals surface area contributed by atoms with Gasteiger partial charge in [0, 0.05) is 31.7 Å². The van der Waals surface area contributed by atoms with Crippen LogP contribution < -0.4 is 4.90 Å². The Bertz CT molecular complexity index is 939. The number of anilines is 1. The summed E-state index contributed by atoms with van der Waals surface area (Å²) in [6.07, 6.45) is 1.55. The highest BCUT2D eigenvalue weighted by Crippen LogP contribution is 2.33. The number of nitrogens with zero attached hydrogens (tertiary/aromatic N) is 2. The second-order valence-electron chi connectivity index (χ2n) is 7.61. The Morgan fingerprint density at radius 3 is 2.31 bits per heavy atom. The summed E-state index contributed by atoms with van der Waals surface area (Å²) in [4.78, 5) is 17.4. The first-order chi connectivity index (χ1) is 14.3. The van der Waals surface area contributed by atoms with Crippen molar-refractivity contribution in [1.82, 2.24) is 4.90 Å². The van der Waals surface area contributed by atoms with Gasteiger partial charge >= 0.3 is 0 Å². The van der Waals surface area contributed by atoms with Crippen LogP contribution in [0, 0.1) is 0 Å². The first-order valence-corrected chi connectivity index (χ1v) is 10.5. The van der Waals surface area contributed by atoms with Crippen LogP contribution in [0.15, 0.2) is 84.9 Å². The third-order valence-corrected chi connectivity index (χ3v) is 5.78. The summed E-state index contributed by atoms with van der Waals surface area (Å²) >= 11 is 0. The molecule has 3 nitrogen and oxygen atoms in total. The molecule has 0 radical (unpaired) electrons. The van der Waals surface area contributed by atoms with Crippen molar-refractivity contribution in [2.75, 3.05) is 18.0 Å². The van der Waals surface area contributed by atoms with Crippen LogP contribution in [0.4, 0.5) is 5.69 Å². The summed E-state index contributed by atoms with van der Waals surface area (Å²) in [5.41, 5.74) is 5.03. The number of carbonyl (C=O) groups is 1. The quantitative estimate of drug-likeness (QED) is 0.581. The molecule has 0 fully saturated rings. The predicted molar refractivity (Wildman–Crippen MR) is 119 cm³/mol. The molecule has 3 heteroatoms. The average molecular weight is 385 g/mol. The van der Waals surface area contributed by atoms with Gasteiger partial charge in [0.25, 0.3) is 0 Å². The molecule has 0 aliphatic carbocycles. The molecule has 0 spiro atoms. The Hall–Kier alpha value is -2.91. The summed E-state index contributed by atoms with van der Waals surface area (Å²) < 4.78 is 0. The maximum Gasteiger partial charge on any atom is 0.226 e.